The van der Waals surface area contributed by atoms with Crippen LogP contribution >= 0.6 is 11.3 Å². The molecule has 0 unspecified atom stereocenters. The van der Waals surface area contributed by atoms with E-state index in [0.717, 1.165) is 29.1 Å². The minimum Gasteiger partial charge on any atom is -0.454 e. The molecule has 2 aliphatic heterocycles. The Kier molecular flexibility index (Phi) is 4.08. The number of aromatic nitrogens is 2. The highest BCUT2D eigenvalue weighted by Gasteiger charge is 2.26. The van der Waals surface area contributed by atoms with Gasteiger partial charge in [-0.15, -0.1) is 11.3 Å². The van der Waals surface area contributed by atoms with E-state index in [-0.39, 0.29) is 12.7 Å². The molecular weight excluding hydrogens is 376 g/mol. The van der Waals surface area contributed by atoms with Crippen LogP contribution in [-0.2, 0) is 0 Å². The first-order valence-electron chi connectivity index (χ1n) is 9.26. The number of carbonyl (C=O) groups excluding carboxylic acids is 1. The Morgan fingerprint density at radius 3 is 2.68 bits per heavy atom. The van der Waals surface area contributed by atoms with Crippen molar-refractivity contribution in [2.24, 2.45) is 0 Å². The van der Waals surface area contributed by atoms with E-state index in [0.29, 0.717) is 30.2 Å². The first-order valence-corrected chi connectivity index (χ1v) is 10.1. The van der Waals surface area contributed by atoms with Crippen LogP contribution in [0.3, 0.4) is 0 Å². The van der Waals surface area contributed by atoms with Crippen molar-refractivity contribution in [3.05, 3.63) is 40.5 Å². The summed E-state index contributed by atoms with van der Waals surface area (Å²) in [7, 11) is 0. The summed E-state index contributed by atoms with van der Waals surface area (Å²) in [6.07, 6.45) is 1.64. The fourth-order valence-electron chi connectivity index (χ4n) is 3.74. The Morgan fingerprint density at radius 1 is 1.07 bits per heavy atom. The minimum absolute atomic E-state index is 0.0216. The van der Waals surface area contributed by atoms with Crippen molar-refractivity contribution >= 4 is 33.3 Å². The number of nitrogens with zero attached hydrogens (tertiary/aromatic N) is 4. The van der Waals surface area contributed by atoms with E-state index in [2.05, 4.69) is 28.7 Å². The second-order valence-electron chi connectivity index (χ2n) is 7.01. The van der Waals surface area contributed by atoms with E-state index in [9.17, 15) is 4.79 Å². The van der Waals surface area contributed by atoms with Gasteiger partial charge in [0.1, 0.15) is 17.0 Å². The molecule has 0 N–H and O–H groups in total. The summed E-state index contributed by atoms with van der Waals surface area (Å²) < 4.78 is 10.7. The molecule has 7 nitrogen and oxygen atoms in total. The number of anilines is 1. The summed E-state index contributed by atoms with van der Waals surface area (Å²) in [6, 6.07) is 5.36. The van der Waals surface area contributed by atoms with Gasteiger partial charge in [-0.3, -0.25) is 4.79 Å². The lowest BCUT2D eigenvalue weighted by Gasteiger charge is -2.35. The Balaban J connectivity index is 1.34. The second kappa shape index (κ2) is 6.63. The van der Waals surface area contributed by atoms with Gasteiger partial charge in [-0.2, -0.15) is 0 Å². The number of piperazine rings is 1. The van der Waals surface area contributed by atoms with Crippen LogP contribution < -0.4 is 14.4 Å². The molecule has 2 aliphatic rings. The number of rotatable bonds is 2. The standard InChI is InChI=1S/C20H20N4O3S/c1-12-13(2)28-19-17(12)18(21-10-22-19)23-5-7-24(8-6-23)20(25)14-3-4-15-16(9-14)27-11-26-15/h3-4,9-10H,5-8,11H2,1-2H3. The lowest BCUT2D eigenvalue weighted by Crippen LogP contribution is -2.49. The lowest BCUT2D eigenvalue weighted by molar-refractivity contribution is 0.0746. The molecule has 0 saturated carbocycles. The van der Waals surface area contributed by atoms with Crippen molar-refractivity contribution < 1.29 is 14.3 Å². The maximum absolute atomic E-state index is 12.9. The molecule has 0 bridgehead atoms. The molecule has 1 aromatic carbocycles. The highest BCUT2D eigenvalue weighted by Crippen LogP contribution is 2.35. The summed E-state index contributed by atoms with van der Waals surface area (Å²) in [6.45, 7) is 7.25. The van der Waals surface area contributed by atoms with Gasteiger partial charge < -0.3 is 19.3 Å². The molecule has 144 valence electrons. The zero-order chi connectivity index (χ0) is 19.3. The Hall–Kier alpha value is -2.87. The average molecular weight is 396 g/mol. The van der Waals surface area contributed by atoms with Gasteiger partial charge in [0, 0.05) is 36.6 Å². The minimum atomic E-state index is 0.0216. The van der Waals surface area contributed by atoms with Crippen LogP contribution in [0.15, 0.2) is 24.5 Å². The first kappa shape index (κ1) is 17.2. The van der Waals surface area contributed by atoms with Crippen LogP contribution in [0.4, 0.5) is 5.82 Å². The van der Waals surface area contributed by atoms with E-state index in [4.69, 9.17) is 9.47 Å². The molecule has 0 spiro atoms. The van der Waals surface area contributed by atoms with Gasteiger partial charge in [0.25, 0.3) is 5.91 Å². The number of ether oxygens (including phenoxy) is 2. The first-order chi connectivity index (χ1) is 13.6. The smallest absolute Gasteiger partial charge is 0.254 e. The van der Waals surface area contributed by atoms with Crippen molar-refractivity contribution in [3.63, 3.8) is 0 Å². The lowest BCUT2D eigenvalue weighted by atomic mass is 10.1. The van der Waals surface area contributed by atoms with E-state index in [1.54, 1.807) is 35.9 Å². The molecule has 2 aromatic heterocycles. The second-order valence-corrected chi connectivity index (χ2v) is 8.21. The van der Waals surface area contributed by atoms with Crippen molar-refractivity contribution in [2.75, 3.05) is 37.9 Å². The molecule has 1 fully saturated rings. The third-order valence-electron chi connectivity index (χ3n) is 5.43. The summed E-state index contributed by atoms with van der Waals surface area (Å²) in [5.41, 5.74) is 1.88. The van der Waals surface area contributed by atoms with E-state index < -0.39 is 0 Å². The predicted octanol–water partition coefficient (Wildman–Crippen LogP) is 3.00. The monoisotopic (exact) mass is 396 g/mol. The van der Waals surface area contributed by atoms with Gasteiger partial charge in [-0.25, -0.2) is 9.97 Å². The summed E-state index contributed by atoms with van der Waals surface area (Å²) in [5, 5.41) is 1.14. The fraction of sp³-hybridized carbons (Fsp3) is 0.350. The molecule has 1 saturated heterocycles. The van der Waals surface area contributed by atoms with Gasteiger partial charge in [0.05, 0.1) is 5.39 Å². The highest BCUT2D eigenvalue weighted by molar-refractivity contribution is 7.18. The molecule has 5 rings (SSSR count). The normalized spacial score (nSPS) is 16.1. The average Bonchev–Trinajstić information content (AvgIpc) is 3.31. The van der Waals surface area contributed by atoms with Gasteiger partial charge in [0.15, 0.2) is 11.5 Å². The van der Waals surface area contributed by atoms with Crippen LogP contribution in [0.25, 0.3) is 10.2 Å². The molecule has 0 aliphatic carbocycles. The molecular formula is C20H20N4O3S. The van der Waals surface area contributed by atoms with Crippen molar-refractivity contribution in [1.82, 2.24) is 14.9 Å². The summed E-state index contributed by atoms with van der Waals surface area (Å²) >= 11 is 1.70. The number of fused-ring (bicyclic) bond motifs is 2. The van der Waals surface area contributed by atoms with Crippen LogP contribution in [0.2, 0.25) is 0 Å². The summed E-state index contributed by atoms with van der Waals surface area (Å²) in [5.74, 6) is 2.32. The zero-order valence-corrected chi connectivity index (χ0v) is 16.6. The number of benzene rings is 1. The maximum atomic E-state index is 12.9. The molecule has 1 amide bonds. The number of amides is 1. The van der Waals surface area contributed by atoms with E-state index >= 15 is 0 Å². The van der Waals surface area contributed by atoms with Gasteiger partial charge >= 0.3 is 0 Å². The Morgan fingerprint density at radius 2 is 1.86 bits per heavy atom. The molecule has 4 heterocycles. The summed E-state index contributed by atoms with van der Waals surface area (Å²) in [4.78, 5) is 28.3. The van der Waals surface area contributed by atoms with Crippen LogP contribution in [0, 0.1) is 13.8 Å². The number of carbonyl (C=O) groups is 1. The van der Waals surface area contributed by atoms with Crippen LogP contribution in [-0.4, -0.2) is 53.7 Å². The molecule has 0 radical (unpaired) electrons. The number of hydrogen-bond donors (Lipinski definition) is 0. The molecule has 0 atom stereocenters. The SMILES string of the molecule is Cc1sc2ncnc(N3CCN(C(=O)c4ccc5c(c4)OCO5)CC3)c2c1C. The molecule has 3 aromatic rings. The van der Waals surface area contributed by atoms with E-state index in [1.807, 2.05) is 4.90 Å². The fourth-order valence-corrected chi connectivity index (χ4v) is 4.73. The van der Waals surface area contributed by atoms with Gasteiger partial charge in [-0.1, -0.05) is 0 Å². The Bertz CT molecular complexity index is 1070. The highest BCUT2D eigenvalue weighted by atomic mass is 32.1. The topological polar surface area (TPSA) is 67.8 Å². The number of hydrogen-bond acceptors (Lipinski definition) is 7. The maximum Gasteiger partial charge on any atom is 0.254 e. The third-order valence-corrected chi connectivity index (χ3v) is 6.55. The van der Waals surface area contributed by atoms with Gasteiger partial charge in [-0.05, 0) is 37.6 Å². The Labute approximate surface area is 166 Å². The van der Waals surface area contributed by atoms with Crippen molar-refractivity contribution in [2.45, 2.75) is 13.8 Å². The zero-order valence-electron chi connectivity index (χ0n) is 15.8. The number of aryl methyl sites for hydroxylation is 2. The largest absolute Gasteiger partial charge is 0.454 e. The van der Waals surface area contributed by atoms with Gasteiger partial charge in [0.2, 0.25) is 6.79 Å². The molecule has 8 heteroatoms. The van der Waals surface area contributed by atoms with Crippen LogP contribution in [0.1, 0.15) is 20.8 Å². The quantitative estimate of drug-likeness (QED) is 0.663. The van der Waals surface area contributed by atoms with Crippen molar-refractivity contribution in [1.29, 1.82) is 0 Å². The third kappa shape index (κ3) is 2.75. The van der Waals surface area contributed by atoms with Crippen LogP contribution in [0.5, 0.6) is 11.5 Å². The molecule has 28 heavy (non-hydrogen) atoms. The predicted molar refractivity (Wildman–Crippen MR) is 108 cm³/mol. The van der Waals surface area contributed by atoms with E-state index in [1.165, 1.54) is 10.4 Å². The number of thiophene rings is 1. The van der Waals surface area contributed by atoms with Crippen molar-refractivity contribution in [3.8, 4) is 11.5 Å².